The molecule has 2 rings (SSSR count). The number of nitrogens with one attached hydrogen (secondary N) is 2. The first-order valence-electron chi connectivity index (χ1n) is 7.64. The largest absolute Gasteiger partial charge is 0.481 e. The molecule has 1 unspecified atom stereocenters. The van der Waals surface area contributed by atoms with E-state index >= 15 is 0 Å². The summed E-state index contributed by atoms with van der Waals surface area (Å²) in [7, 11) is 0. The summed E-state index contributed by atoms with van der Waals surface area (Å²) in [6.45, 7) is 0.0870. The molecule has 6 nitrogen and oxygen atoms in total. The lowest BCUT2D eigenvalue weighted by molar-refractivity contribution is -0.136. The number of amides is 2. The lowest BCUT2D eigenvalue weighted by Gasteiger charge is -2.20. The first-order chi connectivity index (χ1) is 11.5. The molecule has 1 fully saturated rings. The molecule has 1 atom stereocenters. The Balaban J connectivity index is 1.79. The highest BCUT2D eigenvalue weighted by molar-refractivity contribution is 8.06. The minimum Gasteiger partial charge on any atom is -0.481 e. The van der Waals surface area contributed by atoms with Gasteiger partial charge in [0, 0.05) is 46.7 Å². The van der Waals surface area contributed by atoms with Crippen LogP contribution in [0.4, 0.5) is 5.69 Å². The predicted octanol–water partition coefficient (Wildman–Crippen LogP) is 2.07. The molecule has 0 saturated carbocycles. The van der Waals surface area contributed by atoms with Crippen LogP contribution in [-0.4, -0.2) is 51.9 Å². The summed E-state index contributed by atoms with van der Waals surface area (Å²) in [5.74, 6) is 1.95. The lowest BCUT2D eigenvalue weighted by atomic mass is 10.2. The fraction of sp³-hybridized carbons (Fsp3) is 0.438. The Hall–Kier alpha value is -1.67. The second-order valence-corrected chi connectivity index (χ2v) is 7.86. The van der Waals surface area contributed by atoms with E-state index in [0.29, 0.717) is 22.9 Å². The molecular formula is C16H20N2O4S2. The SMILES string of the molecule is O=C(O)CCNC(=O)c1ccc(NC(=O)CC2CSCCS2)cc1. The standard InChI is InChI=1S/C16H20N2O4S2/c19-14(9-13-10-23-7-8-24-13)18-12-3-1-11(2-4-12)16(22)17-6-5-15(20)21/h1-4,13H,5-10H2,(H,17,22)(H,18,19)(H,20,21). The molecule has 1 saturated heterocycles. The minimum absolute atomic E-state index is 0.0198. The predicted molar refractivity (Wildman–Crippen MR) is 97.8 cm³/mol. The first kappa shape index (κ1) is 18.7. The molecule has 8 heteroatoms. The maximum Gasteiger partial charge on any atom is 0.305 e. The van der Waals surface area contributed by atoms with Gasteiger partial charge in [-0.3, -0.25) is 14.4 Å². The van der Waals surface area contributed by atoms with E-state index in [9.17, 15) is 14.4 Å². The number of hydrogen-bond donors (Lipinski definition) is 3. The first-order valence-corrected chi connectivity index (χ1v) is 9.84. The molecule has 1 heterocycles. The summed E-state index contributed by atoms with van der Waals surface area (Å²) in [6, 6.07) is 6.56. The third kappa shape index (κ3) is 6.45. The highest BCUT2D eigenvalue weighted by atomic mass is 32.2. The molecule has 1 aliphatic rings. The van der Waals surface area contributed by atoms with Gasteiger partial charge in [-0.1, -0.05) is 0 Å². The number of anilines is 1. The smallest absolute Gasteiger partial charge is 0.305 e. The summed E-state index contributed by atoms with van der Waals surface area (Å²) in [4.78, 5) is 34.3. The topological polar surface area (TPSA) is 95.5 Å². The van der Waals surface area contributed by atoms with E-state index < -0.39 is 5.97 Å². The number of benzene rings is 1. The number of carbonyl (C=O) groups is 3. The molecule has 0 aliphatic carbocycles. The van der Waals surface area contributed by atoms with E-state index in [1.807, 2.05) is 23.5 Å². The van der Waals surface area contributed by atoms with Crippen LogP contribution in [0.2, 0.25) is 0 Å². The van der Waals surface area contributed by atoms with Crippen LogP contribution >= 0.6 is 23.5 Å². The van der Waals surface area contributed by atoms with Crippen LogP contribution < -0.4 is 10.6 Å². The van der Waals surface area contributed by atoms with Gasteiger partial charge >= 0.3 is 5.97 Å². The number of aliphatic carboxylic acids is 1. The fourth-order valence-corrected chi connectivity index (χ4v) is 4.84. The van der Waals surface area contributed by atoms with Crippen LogP contribution in [0.1, 0.15) is 23.2 Å². The molecule has 1 aliphatic heterocycles. The van der Waals surface area contributed by atoms with Crippen LogP contribution in [0, 0.1) is 0 Å². The Bertz CT molecular complexity index is 586. The second kappa shape index (κ2) is 9.58. The average molecular weight is 368 g/mol. The van der Waals surface area contributed by atoms with Gasteiger partial charge in [0.1, 0.15) is 0 Å². The molecule has 0 radical (unpaired) electrons. The van der Waals surface area contributed by atoms with Crippen molar-refractivity contribution in [2.24, 2.45) is 0 Å². The number of carboxylic acids is 1. The summed E-state index contributed by atoms with van der Waals surface area (Å²) in [5, 5.41) is 14.3. The van der Waals surface area contributed by atoms with Crippen molar-refractivity contribution in [3.05, 3.63) is 29.8 Å². The van der Waals surface area contributed by atoms with Crippen LogP contribution in [0.25, 0.3) is 0 Å². The number of rotatable bonds is 7. The molecule has 3 N–H and O–H groups in total. The lowest BCUT2D eigenvalue weighted by Crippen LogP contribution is -2.26. The van der Waals surface area contributed by atoms with Crippen molar-refractivity contribution in [2.75, 3.05) is 29.1 Å². The van der Waals surface area contributed by atoms with E-state index in [0.717, 1.165) is 17.3 Å². The zero-order valence-electron chi connectivity index (χ0n) is 13.1. The summed E-state index contributed by atoms with van der Waals surface area (Å²) in [5.41, 5.74) is 1.08. The van der Waals surface area contributed by atoms with Crippen molar-refractivity contribution in [1.29, 1.82) is 0 Å². The Morgan fingerprint density at radius 2 is 1.92 bits per heavy atom. The molecule has 0 aromatic heterocycles. The summed E-state index contributed by atoms with van der Waals surface area (Å²) < 4.78 is 0. The van der Waals surface area contributed by atoms with Gasteiger partial charge in [-0.05, 0) is 24.3 Å². The number of carboxylic acid groups (broad SMARTS) is 1. The van der Waals surface area contributed by atoms with Crippen molar-refractivity contribution in [1.82, 2.24) is 5.32 Å². The van der Waals surface area contributed by atoms with Gasteiger partial charge < -0.3 is 15.7 Å². The Labute approximate surface area is 149 Å². The van der Waals surface area contributed by atoms with Crippen LogP contribution in [0.15, 0.2) is 24.3 Å². The number of carbonyl (C=O) groups excluding carboxylic acids is 2. The zero-order chi connectivity index (χ0) is 17.4. The van der Waals surface area contributed by atoms with E-state index in [2.05, 4.69) is 10.6 Å². The van der Waals surface area contributed by atoms with Gasteiger partial charge in [-0.25, -0.2) is 0 Å². The minimum atomic E-state index is -0.956. The van der Waals surface area contributed by atoms with Crippen molar-refractivity contribution >= 4 is 47.0 Å². The van der Waals surface area contributed by atoms with Crippen molar-refractivity contribution < 1.29 is 19.5 Å². The summed E-state index contributed by atoms with van der Waals surface area (Å²) in [6.07, 6.45) is 0.381. The molecule has 0 bridgehead atoms. The van der Waals surface area contributed by atoms with Crippen LogP contribution in [0.3, 0.4) is 0 Å². The van der Waals surface area contributed by atoms with Crippen LogP contribution in [0.5, 0.6) is 0 Å². The zero-order valence-corrected chi connectivity index (χ0v) is 14.8. The number of hydrogen-bond acceptors (Lipinski definition) is 5. The highest BCUT2D eigenvalue weighted by Gasteiger charge is 2.18. The monoisotopic (exact) mass is 368 g/mol. The van der Waals surface area contributed by atoms with Gasteiger partial charge in [0.05, 0.1) is 6.42 Å². The average Bonchev–Trinajstić information content (AvgIpc) is 2.56. The quantitative estimate of drug-likeness (QED) is 0.682. The van der Waals surface area contributed by atoms with Crippen molar-refractivity contribution in [3.8, 4) is 0 Å². The van der Waals surface area contributed by atoms with Crippen molar-refractivity contribution in [3.63, 3.8) is 0 Å². The Morgan fingerprint density at radius 3 is 2.54 bits per heavy atom. The Kier molecular flexibility index (Phi) is 7.45. The van der Waals surface area contributed by atoms with E-state index in [1.54, 1.807) is 24.3 Å². The maximum atomic E-state index is 12.0. The fourth-order valence-electron chi connectivity index (χ4n) is 2.16. The summed E-state index contributed by atoms with van der Waals surface area (Å²) >= 11 is 3.72. The van der Waals surface area contributed by atoms with Gasteiger partial charge in [0.2, 0.25) is 5.91 Å². The van der Waals surface area contributed by atoms with Gasteiger partial charge in [0.25, 0.3) is 5.91 Å². The van der Waals surface area contributed by atoms with Gasteiger partial charge in [0.15, 0.2) is 0 Å². The number of thioether (sulfide) groups is 2. The highest BCUT2D eigenvalue weighted by Crippen LogP contribution is 2.26. The third-order valence-electron chi connectivity index (χ3n) is 3.35. The second-order valence-electron chi connectivity index (χ2n) is 5.30. The van der Waals surface area contributed by atoms with Crippen molar-refractivity contribution in [2.45, 2.75) is 18.1 Å². The molecular weight excluding hydrogens is 348 g/mol. The van der Waals surface area contributed by atoms with E-state index in [-0.39, 0.29) is 24.8 Å². The third-order valence-corrected chi connectivity index (χ3v) is 6.20. The molecule has 24 heavy (non-hydrogen) atoms. The molecule has 0 spiro atoms. The molecule has 1 aromatic rings. The maximum absolute atomic E-state index is 12.0. The van der Waals surface area contributed by atoms with Gasteiger partial charge in [-0.2, -0.15) is 23.5 Å². The van der Waals surface area contributed by atoms with Crippen LogP contribution in [-0.2, 0) is 9.59 Å². The molecule has 2 amide bonds. The van der Waals surface area contributed by atoms with Gasteiger partial charge in [-0.15, -0.1) is 0 Å². The Morgan fingerprint density at radius 1 is 1.17 bits per heavy atom. The molecule has 130 valence electrons. The molecule has 1 aromatic carbocycles. The van der Waals surface area contributed by atoms with E-state index in [4.69, 9.17) is 5.11 Å². The normalized spacial score (nSPS) is 17.1. The van der Waals surface area contributed by atoms with E-state index in [1.165, 1.54) is 0 Å².